The summed E-state index contributed by atoms with van der Waals surface area (Å²) in [5.41, 5.74) is 3.33. The van der Waals surface area contributed by atoms with Gasteiger partial charge >= 0.3 is 6.36 Å². The quantitative estimate of drug-likeness (QED) is 0.613. The van der Waals surface area contributed by atoms with E-state index in [0.717, 1.165) is 16.7 Å². The van der Waals surface area contributed by atoms with E-state index in [1.54, 1.807) is 31.5 Å². The number of aryl methyl sites for hydroxylation is 2. The second-order valence-electron chi connectivity index (χ2n) is 5.95. The van der Waals surface area contributed by atoms with Crippen molar-refractivity contribution in [3.63, 3.8) is 0 Å². The highest BCUT2D eigenvalue weighted by molar-refractivity contribution is 5.72. The van der Waals surface area contributed by atoms with Crippen molar-refractivity contribution in [3.8, 4) is 22.6 Å². The molecule has 0 aliphatic carbocycles. The van der Waals surface area contributed by atoms with Crippen LogP contribution in [-0.4, -0.2) is 16.3 Å². The van der Waals surface area contributed by atoms with Gasteiger partial charge in [-0.3, -0.25) is 0 Å². The largest absolute Gasteiger partial charge is 0.573 e. The van der Waals surface area contributed by atoms with Gasteiger partial charge in [0.15, 0.2) is 5.82 Å². The molecule has 0 spiro atoms. The Morgan fingerprint density at radius 2 is 1.56 bits per heavy atom. The second-order valence-corrected chi connectivity index (χ2v) is 5.95. The van der Waals surface area contributed by atoms with Crippen LogP contribution in [0.4, 0.5) is 13.2 Å². The third-order valence-corrected chi connectivity index (χ3v) is 3.92. The first-order chi connectivity index (χ1) is 12.8. The van der Waals surface area contributed by atoms with E-state index in [4.69, 9.17) is 4.74 Å². The van der Waals surface area contributed by atoms with Crippen molar-refractivity contribution < 1.29 is 22.6 Å². The van der Waals surface area contributed by atoms with Gasteiger partial charge in [-0.1, -0.05) is 12.1 Å². The molecule has 1 heterocycles. The molecule has 3 aromatic rings. The van der Waals surface area contributed by atoms with Crippen molar-refractivity contribution in [2.75, 3.05) is 0 Å². The molecule has 1 aromatic heterocycles. The Bertz CT molecular complexity index is 928. The predicted molar refractivity (Wildman–Crippen MR) is 94.4 cm³/mol. The number of nitrogens with zero attached hydrogens (tertiary/aromatic N) is 2. The summed E-state index contributed by atoms with van der Waals surface area (Å²) in [6.07, 6.45) is -1.43. The van der Waals surface area contributed by atoms with Crippen LogP contribution in [0.5, 0.6) is 11.5 Å². The third-order valence-electron chi connectivity index (χ3n) is 3.92. The Morgan fingerprint density at radius 1 is 0.852 bits per heavy atom. The third kappa shape index (κ3) is 4.97. The fourth-order valence-electron chi connectivity index (χ4n) is 2.67. The monoisotopic (exact) mass is 374 g/mol. The van der Waals surface area contributed by atoms with Crippen LogP contribution in [0.3, 0.4) is 0 Å². The lowest BCUT2D eigenvalue weighted by Crippen LogP contribution is -2.17. The summed E-state index contributed by atoms with van der Waals surface area (Å²) < 4.78 is 46.9. The zero-order valence-electron chi connectivity index (χ0n) is 14.7. The normalized spacial score (nSPS) is 11.3. The number of halogens is 3. The molecule has 0 saturated heterocycles. The maximum Gasteiger partial charge on any atom is 0.573 e. The molecule has 0 aliphatic rings. The molecule has 2 aromatic carbocycles. The van der Waals surface area contributed by atoms with Crippen molar-refractivity contribution in [1.29, 1.82) is 0 Å². The highest BCUT2D eigenvalue weighted by Crippen LogP contribution is 2.33. The molecule has 0 unspecified atom stereocenters. The van der Waals surface area contributed by atoms with Crippen molar-refractivity contribution >= 4 is 0 Å². The van der Waals surface area contributed by atoms with E-state index in [0.29, 0.717) is 17.1 Å². The molecular formula is C20H17F3N2O2. The average Bonchev–Trinajstić information content (AvgIpc) is 2.61. The number of ether oxygens (including phenoxy) is 2. The van der Waals surface area contributed by atoms with Gasteiger partial charge in [-0.25, -0.2) is 9.97 Å². The van der Waals surface area contributed by atoms with Crippen molar-refractivity contribution in [3.05, 3.63) is 71.8 Å². The van der Waals surface area contributed by atoms with Crippen molar-refractivity contribution in [2.45, 2.75) is 26.8 Å². The van der Waals surface area contributed by atoms with Gasteiger partial charge in [0.1, 0.15) is 18.1 Å². The maximum absolute atomic E-state index is 12.4. The molecule has 0 atom stereocenters. The van der Waals surface area contributed by atoms with E-state index in [9.17, 15) is 13.2 Å². The van der Waals surface area contributed by atoms with Gasteiger partial charge in [-0.05, 0) is 66.4 Å². The maximum atomic E-state index is 12.4. The van der Waals surface area contributed by atoms with Gasteiger partial charge in [0.2, 0.25) is 0 Å². The van der Waals surface area contributed by atoms with Gasteiger partial charge in [0.05, 0.1) is 0 Å². The Morgan fingerprint density at radius 3 is 2.22 bits per heavy atom. The first-order valence-electron chi connectivity index (χ1n) is 8.18. The lowest BCUT2D eigenvalue weighted by atomic mass is 9.96. The number of hydrogen-bond acceptors (Lipinski definition) is 4. The van der Waals surface area contributed by atoms with Crippen LogP contribution >= 0.6 is 0 Å². The Kier molecular flexibility index (Phi) is 5.30. The minimum absolute atomic E-state index is 0.223. The minimum Gasteiger partial charge on any atom is -0.486 e. The van der Waals surface area contributed by atoms with E-state index < -0.39 is 6.36 Å². The van der Waals surface area contributed by atoms with E-state index in [-0.39, 0.29) is 12.4 Å². The molecule has 0 bridgehead atoms. The van der Waals surface area contributed by atoms with Crippen LogP contribution in [0, 0.1) is 13.8 Å². The molecule has 0 N–H and O–H groups in total. The SMILES string of the molecule is Cc1cc(OC(F)(F)F)ccc1-c1cc(OCc2ncccn2)ccc1C. The van der Waals surface area contributed by atoms with Crippen molar-refractivity contribution in [1.82, 2.24) is 9.97 Å². The van der Waals surface area contributed by atoms with Gasteiger partial charge in [0.25, 0.3) is 0 Å². The van der Waals surface area contributed by atoms with Crippen molar-refractivity contribution in [2.24, 2.45) is 0 Å². The van der Waals surface area contributed by atoms with Gasteiger partial charge in [-0.2, -0.15) is 0 Å². The van der Waals surface area contributed by atoms with E-state index in [1.807, 2.05) is 25.1 Å². The summed E-state index contributed by atoms with van der Waals surface area (Å²) in [4.78, 5) is 8.21. The lowest BCUT2D eigenvalue weighted by molar-refractivity contribution is -0.274. The summed E-state index contributed by atoms with van der Waals surface area (Å²) in [6, 6.07) is 11.6. The van der Waals surface area contributed by atoms with Gasteiger partial charge in [0, 0.05) is 12.4 Å². The first kappa shape index (κ1) is 18.7. The van der Waals surface area contributed by atoms with E-state index in [1.165, 1.54) is 12.1 Å². The Labute approximate surface area is 154 Å². The summed E-state index contributed by atoms with van der Waals surface area (Å²) in [6.45, 7) is 3.89. The smallest absolute Gasteiger partial charge is 0.486 e. The number of benzene rings is 2. The summed E-state index contributed by atoms with van der Waals surface area (Å²) in [5.74, 6) is 0.942. The molecule has 140 valence electrons. The van der Waals surface area contributed by atoms with Gasteiger partial charge in [-0.15, -0.1) is 13.2 Å². The zero-order valence-corrected chi connectivity index (χ0v) is 14.7. The molecule has 27 heavy (non-hydrogen) atoms. The Balaban J connectivity index is 1.83. The van der Waals surface area contributed by atoms with Crippen LogP contribution in [0.1, 0.15) is 17.0 Å². The molecular weight excluding hydrogens is 357 g/mol. The second kappa shape index (κ2) is 7.65. The Hall–Kier alpha value is -3.09. The van der Waals surface area contributed by atoms with Crippen LogP contribution < -0.4 is 9.47 Å². The molecule has 3 rings (SSSR count). The molecule has 7 heteroatoms. The summed E-state index contributed by atoms with van der Waals surface area (Å²) in [7, 11) is 0. The predicted octanol–water partition coefficient (Wildman–Crippen LogP) is 5.24. The number of hydrogen-bond donors (Lipinski definition) is 0. The van der Waals surface area contributed by atoms with Gasteiger partial charge < -0.3 is 9.47 Å². The highest BCUT2D eigenvalue weighted by atomic mass is 19.4. The molecule has 0 fully saturated rings. The average molecular weight is 374 g/mol. The van der Waals surface area contributed by atoms with Crippen LogP contribution in [-0.2, 0) is 6.61 Å². The fraction of sp³-hybridized carbons (Fsp3) is 0.200. The number of rotatable bonds is 5. The van der Waals surface area contributed by atoms with Crippen LogP contribution in [0.25, 0.3) is 11.1 Å². The summed E-state index contributed by atoms with van der Waals surface area (Å²) in [5, 5.41) is 0. The van der Waals surface area contributed by atoms with E-state index >= 15 is 0 Å². The highest BCUT2D eigenvalue weighted by Gasteiger charge is 2.31. The molecule has 0 saturated carbocycles. The number of alkyl halides is 3. The molecule has 0 radical (unpaired) electrons. The molecule has 0 aliphatic heterocycles. The lowest BCUT2D eigenvalue weighted by Gasteiger charge is -2.14. The van der Waals surface area contributed by atoms with Crippen LogP contribution in [0.15, 0.2) is 54.9 Å². The standard InChI is InChI=1S/C20H17F3N2O2/c1-13-4-5-15(26-12-19-24-8-3-9-25-19)11-18(13)17-7-6-16(10-14(17)2)27-20(21,22)23/h3-11H,12H2,1-2H3. The van der Waals surface area contributed by atoms with E-state index in [2.05, 4.69) is 14.7 Å². The fourth-order valence-corrected chi connectivity index (χ4v) is 2.67. The minimum atomic E-state index is -4.71. The zero-order chi connectivity index (χ0) is 19.4. The number of aromatic nitrogens is 2. The molecule has 4 nitrogen and oxygen atoms in total. The topological polar surface area (TPSA) is 44.2 Å². The first-order valence-corrected chi connectivity index (χ1v) is 8.18. The molecule has 0 amide bonds. The van der Waals surface area contributed by atoms with Crippen LogP contribution in [0.2, 0.25) is 0 Å². The summed E-state index contributed by atoms with van der Waals surface area (Å²) >= 11 is 0.